The van der Waals surface area contributed by atoms with E-state index in [9.17, 15) is 4.79 Å². The summed E-state index contributed by atoms with van der Waals surface area (Å²) in [5.41, 5.74) is 10.1. The molecular formula is C15H15NO2. The Balaban J connectivity index is 2.49. The molecule has 0 fully saturated rings. The van der Waals surface area contributed by atoms with Gasteiger partial charge in [-0.2, -0.15) is 0 Å². The van der Waals surface area contributed by atoms with Crippen molar-refractivity contribution >= 4 is 11.7 Å². The van der Waals surface area contributed by atoms with Crippen molar-refractivity contribution in [1.82, 2.24) is 0 Å². The van der Waals surface area contributed by atoms with Crippen molar-refractivity contribution in [3.63, 3.8) is 0 Å². The van der Waals surface area contributed by atoms with Gasteiger partial charge in [0.15, 0.2) is 0 Å². The highest BCUT2D eigenvalue weighted by molar-refractivity contribution is 5.93. The molecule has 0 unspecified atom stereocenters. The maximum Gasteiger partial charge on any atom is 0.337 e. The predicted molar refractivity (Wildman–Crippen MR) is 72.4 cm³/mol. The maximum atomic E-state index is 11.5. The normalized spacial score (nSPS) is 10.1. The quantitative estimate of drug-likeness (QED) is 0.649. The molecule has 2 N–H and O–H groups in total. The van der Waals surface area contributed by atoms with Gasteiger partial charge in [0.2, 0.25) is 0 Å². The van der Waals surface area contributed by atoms with Crippen LogP contribution in [0.2, 0.25) is 0 Å². The topological polar surface area (TPSA) is 52.3 Å². The fraction of sp³-hybridized carbons (Fsp3) is 0.133. The van der Waals surface area contributed by atoms with Gasteiger partial charge in [-0.15, -0.1) is 0 Å². The minimum absolute atomic E-state index is 0.358. The second-order valence-electron chi connectivity index (χ2n) is 4.16. The summed E-state index contributed by atoms with van der Waals surface area (Å²) in [6.07, 6.45) is 0. The molecule has 0 radical (unpaired) electrons. The predicted octanol–water partition coefficient (Wildman–Crippen LogP) is 3.03. The van der Waals surface area contributed by atoms with E-state index in [2.05, 4.69) is 0 Å². The van der Waals surface area contributed by atoms with Crippen LogP contribution in [0.5, 0.6) is 0 Å². The lowest BCUT2D eigenvalue weighted by Crippen LogP contribution is -2.02. The molecule has 0 amide bonds. The fourth-order valence-electron chi connectivity index (χ4n) is 1.78. The van der Waals surface area contributed by atoms with E-state index in [1.54, 1.807) is 18.2 Å². The highest BCUT2D eigenvalue weighted by atomic mass is 16.5. The number of benzene rings is 2. The Kier molecular flexibility index (Phi) is 3.33. The van der Waals surface area contributed by atoms with E-state index in [0.29, 0.717) is 11.3 Å². The van der Waals surface area contributed by atoms with Crippen LogP contribution >= 0.6 is 0 Å². The van der Waals surface area contributed by atoms with Gasteiger partial charge in [-0.1, -0.05) is 29.8 Å². The zero-order valence-electron chi connectivity index (χ0n) is 10.4. The third kappa shape index (κ3) is 2.35. The Hall–Kier alpha value is -2.29. The van der Waals surface area contributed by atoms with Crippen molar-refractivity contribution in [2.45, 2.75) is 6.92 Å². The Morgan fingerprint density at radius 2 is 1.78 bits per heavy atom. The number of methoxy groups -OCH3 is 1. The van der Waals surface area contributed by atoms with Gasteiger partial charge < -0.3 is 10.5 Å². The number of hydrogen-bond acceptors (Lipinski definition) is 3. The van der Waals surface area contributed by atoms with Crippen LogP contribution in [0.25, 0.3) is 11.1 Å². The number of carbonyl (C=O) groups is 1. The van der Waals surface area contributed by atoms with Gasteiger partial charge in [-0.05, 0) is 30.7 Å². The van der Waals surface area contributed by atoms with E-state index in [4.69, 9.17) is 10.5 Å². The first-order valence-corrected chi connectivity index (χ1v) is 5.66. The van der Waals surface area contributed by atoms with Crippen molar-refractivity contribution < 1.29 is 9.53 Å². The average Bonchev–Trinajstić information content (AvgIpc) is 2.39. The standard InChI is InChI=1S/C15H15NO2/c1-10-3-5-11(6-4-10)13-9-12(15(17)18-2)7-8-14(13)16/h3-9H,16H2,1-2H3. The van der Waals surface area contributed by atoms with Crippen molar-refractivity contribution in [1.29, 1.82) is 0 Å². The van der Waals surface area contributed by atoms with Crippen molar-refractivity contribution in [2.24, 2.45) is 0 Å². The molecular weight excluding hydrogens is 226 g/mol. The smallest absolute Gasteiger partial charge is 0.337 e. The molecule has 2 aromatic carbocycles. The summed E-state index contributed by atoms with van der Waals surface area (Å²) in [6, 6.07) is 13.1. The highest BCUT2D eigenvalue weighted by Gasteiger charge is 2.09. The molecule has 3 nitrogen and oxygen atoms in total. The number of nitrogen functional groups attached to an aromatic ring is 1. The van der Waals surface area contributed by atoms with Crippen molar-refractivity contribution in [3.8, 4) is 11.1 Å². The van der Waals surface area contributed by atoms with Gasteiger partial charge >= 0.3 is 5.97 Å². The Morgan fingerprint density at radius 3 is 2.39 bits per heavy atom. The summed E-state index contributed by atoms with van der Waals surface area (Å²) in [4.78, 5) is 11.5. The fourth-order valence-corrected chi connectivity index (χ4v) is 1.78. The molecule has 0 atom stereocenters. The molecule has 0 aromatic heterocycles. The second kappa shape index (κ2) is 4.92. The number of aryl methyl sites for hydroxylation is 1. The number of carbonyl (C=O) groups excluding carboxylic acids is 1. The molecule has 0 aliphatic carbocycles. The third-order valence-corrected chi connectivity index (χ3v) is 2.84. The lowest BCUT2D eigenvalue weighted by atomic mass is 10.0. The molecule has 0 heterocycles. The van der Waals surface area contributed by atoms with Gasteiger partial charge in [0.25, 0.3) is 0 Å². The van der Waals surface area contributed by atoms with E-state index >= 15 is 0 Å². The van der Waals surface area contributed by atoms with Crippen LogP contribution < -0.4 is 5.73 Å². The molecule has 0 saturated heterocycles. The molecule has 92 valence electrons. The molecule has 0 bridgehead atoms. The number of nitrogens with two attached hydrogens (primary N) is 1. The Labute approximate surface area is 106 Å². The lowest BCUT2D eigenvalue weighted by molar-refractivity contribution is 0.0601. The summed E-state index contributed by atoms with van der Waals surface area (Å²) in [5, 5.41) is 0. The van der Waals surface area contributed by atoms with Crippen LogP contribution in [-0.4, -0.2) is 13.1 Å². The maximum absolute atomic E-state index is 11.5. The van der Waals surface area contributed by atoms with Gasteiger partial charge in [0.1, 0.15) is 0 Å². The molecule has 0 aliphatic heterocycles. The van der Waals surface area contributed by atoms with Crippen LogP contribution in [0.1, 0.15) is 15.9 Å². The molecule has 0 aliphatic rings. The summed E-state index contributed by atoms with van der Waals surface area (Å²) >= 11 is 0. The van der Waals surface area contributed by atoms with Crippen LogP contribution in [0.4, 0.5) is 5.69 Å². The Morgan fingerprint density at radius 1 is 1.11 bits per heavy atom. The first-order chi connectivity index (χ1) is 8.61. The summed E-state index contributed by atoms with van der Waals surface area (Å²) < 4.78 is 4.71. The van der Waals surface area contributed by atoms with Crippen molar-refractivity contribution in [3.05, 3.63) is 53.6 Å². The first-order valence-electron chi connectivity index (χ1n) is 5.66. The third-order valence-electron chi connectivity index (χ3n) is 2.84. The van der Waals surface area contributed by atoms with Gasteiger partial charge in [-0.25, -0.2) is 4.79 Å². The van der Waals surface area contributed by atoms with Crippen molar-refractivity contribution in [2.75, 3.05) is 12.8 Å². The number of anilines is 1. The first kappa shape index (κ1) is 12.2. The Bertz CT molecular complexity index is 574. The van der Waals surface area contributed by atoms with E-state index in [1.165, 1.54) is 12.7 Å². The zero-order chi connectivity index (χ0) is 13.1. The highest BCUT2D eigenvalue weighted by Crippen LogP contribution is 2.27. The van der Waals surface area contributed by atoms with E-state index in [-0.39, 0.29) is 5.97 Å². The summed E-state index contributed by atoms with van der Waals surface area (Å²) in [6.45, 7) is 2.03. The monoisotopic (exact) mass is 241 g/mol. The number of hydrogen-bond donors (Lipinski definition) is 1. The van der Waals surface area contributed by atoms with Gasteiger partial charge in [0, 0.05) is 11.3 Å². The number of esters is 1. The largest absolute Gasteiger partial charge is 0.465 e. The molecule has 18 heavy (non-hydrogen) atoms. The SMILES string of the molecule is COC(=O)c1ccc(N)c(-c2ccc(C)cc2)c1. The number of rotatable bonds is 2. The average molecular weight is 241 g/mol. The van der Waals surface area contributed by atoms with Crippen LogP contribution in [-0.2, 0) is 4.74 Å². The minimum atomic E-state index is -0.358. The zero-order valence-corrected chi connectivity index (χ0v) is 10.4. The molecule has 0 saturated carbocycles. The van der Waals surface area contributed by atoms with E-state index in [1.807, 2.05) is 31.2 Å². The number of ether oxygens (including phenoxy) is 1. The summed E-state index contributed by atoms with van der Waals surface area (Å²) in [5.74, 6) is -0.358. The van der Waals surface area contributed by atoms with Gasteiger partial charge in [-0.3, -0.25) is 0 Å². The van der Waals surface area contributed by atoms with Crippen LogP contribution in [0, 0.1) is 6.92 Å². The second-order valence-corrected chi connectivity index (χ2v) is 4.16. The summed E-state index contributed by atoms with van der Waals surface area (Å²) in [7, 11) is 1.37. The molecule has 2 rings (SSSR count). The molecule has 0 spiro atoms. The van der Waals surface area contributed by atoms with E-state index < -0.39 is 0 Å². The molecule has 3 heteroatoms. The molecule has 2 aromatic rings. The lowest BCUT2D eigenvalue weighted by Gasteiger charge is -2.08. The van der Waals surface area contributed by atoms with Crippen LogP contribution in [0.15, 0.2) is 42.5 Å². The van der Waals surface area contributed by atoms with Crippen LogP contribution in [0.3, 0.4) is 0 Å². The van der Waals surface area contributed by atoms with E-state index in [0.717, 1.165) is 11.1 Å². The minimum Gasteiger partial charge on any atom is -0.465 e. The van der Waals surface area contributed by atoms with Gasteiger partial charge in [0.05, 0.1) is 12.7 Å².